The molecular weight excluding hydrogens is 416 g/mol. The smallest absolute Gasteiger partial charge is 0.275 e. The van der Waals surface area contributed by atoms with Crippen LogP contribution in [-0.4, -0.2) is 32.6 Å². The predicted molar refractivity (Wildman–Crippen MR) is 129 cm³/mol. The molecular formula is C26H22N4OS. The number of carbonyl (C=O) groups is 1. The summed E-state index contributed by atoms with van der Waals surface area (Å²) in [6.07, 6.45) is 1.79. The lowest BCUT2D eigenvalue weighted by atomic mass is 10.1. The van der Waals surface area contributed by atoms with Crippen molar-refractivity contribution in [1.29, 1.82) is 0 Å². The summed E-state index contributed by atoms with van der Waals surface area (Å²) in [6, 6.07) is 26.1. The normalized spacial score (nSPS) is 11.0. The Hall–Kier alpha value is -3.77. The molecule has 5 rings (SSSR count). The molecule has 0 aliphatic carbocycles. The highest BCUT2D eigenvalue weighted by atomic mass is 32.1. The van der Waals surface area contributed by atoms with Crippen LogP contribution in [0.1, 0.15) is 21.6 Å². The van der Waals surface area contributed by atoms with Gasteiger partial charge in [0.15, 0.2) is 11.3 Å². The Balaban J connectivity index is 1.61. The monoisotopic (exact) mass is 438 g/mol. The van der Waals surface area contributed by atoms with Crippen molar-refractivity contribution in [2.24, 2.45) is 0 Å². The average molecular weight is 439 g/mol. The molecule has 32 heavy (non-hydrogen) atoms. The quantitative estimate of drug-likeness (QED) is 0.353. The van der Waals surface area contributed by atoms with Gasteiger partial charge in [0, 0.05) is 30.2 Å². The fraction of sp³-hybridized carbons (Fsp3) is 0.115. The highest BCUT2D eigenvalue weighted by Crippen LogP contribution is 2.33. The number of nitrogens with zero attached hydrogens (tertiary/aromatic N) is 4. The van der Waals surface area contributed by atoms with Gasteiger partial charge in [-0.05, 0) is 28.6 Å². The molecule has 3 heterocycles. The summed E-state index contributed by atoms with van der Waals surface area (Å²) in [5.41, 5.74) is 4.33. The molecule has 0 N–H and O–H groups in total. The van der Waals surface area contributed by atoms with Crippen LogP contribution in [0.5, 0.6) is 0 Å². The van der Waals surface area contributed by atoms with E-state index in [0.717, 1.165) is 32.6 Å². The third kappa shape index (κ3) is 3.92. The summed E-state index contributed by atoms with van der Waals surface area (Å²) >= 11 is 1.65. The lowest BCUT2D eigenvalue weighted by Gasteiger charge is -2.16. The highest BCUT2D eigenvalue weighted by molar-refractivity contribution is 7.13. The van der Waals surface area contributed by atoms with Crippen LogP contribution in [0.15, 0.2) is 90.4 Å². The van der Waals surface area contributed by atoms with Gasteiger partial charge >= 0.3 is 0 Å². The number of thiophene rings is 1. The topological polar surface area (TPSA) is 51.0 Å². The Kier molecular flexibility index (Phi) is 5.52. The Morgan fingerprint density at radius 2 is 1.66 bits per heavy atom. The van der Waals surface area contributed by atoms with Gasteiger partial charge < -0.3 is 4.90 Å². The van der Waals surface area contributed by atoms with Crippen LogP contribution < -0.4 is 0 Å². The van der Waals surface area contributed by atoms with E-state index in [1.165, 1.54) is 0 Å². The lowest BCUT2D eigenvalue weighted by Crippen LogP contribution is -2.27. The molecule has 0 radical (unpaired) electrons. The minimum absolute atomic E-state index is 0.114. The van der Waals surface area contributed by atoms with Crippen molar-refractivity contribution < 1.29 is 4.79 Å². The molecule has 0 spiro atoms. The number of hydrogen-bond donors (Lipinski definition) is 0. The first-order valence-corrected chi connectivity index (χ1v) is 11.3. The SMILES string of the molecule is CN(Cc1ccccc1)C(=O)c1nn(Cc2ccccc2)c2nccc(-c3cccs3)c12. The second-order valence-corrected chi connectivity index (χ2v) is 8.62. The van der Waals surface area contributed by atoms with Crippen molar-refractivity contribution in [2.75, 3.05) is 7.05 Å². The molecule has 3 aromatic heterocycles. The van der Waals surface area contributed by atoms with E-state index in [2.05, 4.69) is 23.2 Å². The van der Waals surface area contributed by atoms with Crippen molar-refractivity contribution in [3.8, 4) is 10.4 Å². The van der Waals surface area contributed by atoms with Gasteiger partial charge in [-0.3, -0.25) is 4.79 Å². The fourth-order valence-corrected chi connectivity index (χ4v) is 4.62. The molecule has 0 aliphatic rings. The molecule has 0 saturated heterocycles. The average Bonchev–Trinajstić information content (AvgIpc) is 3.49. The van der Waals surface area contributed by atoms with Crippen molar-refractivity contribution in [3.63, 3.8) is 0 Å². The maximum Gasteiger partial charge on any atom is 0.275 e. The molecule has 0 fully saturated rings. The van der Waals surface area contributed by atoms with E-state index < -0.39 is 0 Å². The molecule has 5 aromatic rings. The molecule has 0 saturated carbocycles. The van der Waals surface area contributed by atoms with E-state index in [4.69, 9.17) is 5.10 Å². The summed E-state index contributed by atoms with van der Waals surface area (Å²) < 4.78 is 1.84. The third-order valence-corrected chi connectivity index (χ3v) is 6.31. The van der Waals surface area contributed by atoms with Crippen molar-refractivity contribution >= 4 is 28.3 Å². The third-order valence-electron chi connectivity index (χ3n) is 5.41. The van der Waals surface area contributed by atoms with Crippen LogP contribution in [0.4, 0.5) is 0 Å². The number of carbonyl (C=O) groups excluding carboxylic acids is 1. The number of benzene rings is 2. The molecule has 0 atom stereocenters. The minimum Gasteiger partial charge on any atom is -0.336 e. The van der Waals surface area contributed by atoms with Gasteiger partial charge in [0.25, 0.3) is 5.91 Å². The standard InChI is InChI=1S/C26H22N4OS/c1-29(17-19-9-4-2-5-10-19)26(31)24-23-21(22-13-8-16-32-22)14-15-27-25(23)30(28-24)18-20-11-6-3-7-12-20/h2-16H,17-18H2,1H3. The summed E-state index contributed by atoms with van der Waals surface area (Å²) in [6.45, 7) is 1.06. The van der Waals surface area contributed by atoms with Gasteiger partial charge in [-0.15, -0.1) is 11.3 Å². The van der Waals surface area contributed by atoms with E-state index in [-0.39, 0.29) is 5.91 Å². The first-order valence-electron chi connectivity index (χ1n) is 10.4. The summed E-state index contributed by atoms with van der Waals surface area (Å²) in [5, 5.41) is 7.63. The van der Waals surface area contributed by atoms with Gasteiger partial charge in [-0.2, -0.15) is 5.10 Å². The van der Waals surface area contributed by atoms with E-state index in [0.29, 0.717) is 18.8 Å². The van der Waals surface area contributed by atoms with E-state index >= 15 is 0 Å². The lowest BCUT2D eigenvalue weighted by molar-refractivity contribution is 0.0780. The largest absolute Gasteiger partial charge is 0.336 e. The van der Waals surface area contributed by atoms with Crippen LogP contribution in [0.3, 0.4) is 0 Å². The van der Waals surface area contributed by atoms with Crippen molar-refractivity contribution in [1.82, 2.24) is 19.7 Å². The van der Waals surface area contributed by atoms with Crippen molar-refractivity contribution in [2.45, 2.75) is 13.1 Å². The minimum atomic E-state index is -0.114. The molecule has 0 unspecified atom stereocenters. The van der Waals surface area contributed by atoms with Crippen LogP contribution in [0, 0.1) is 0 Å². The number of aromatic nitrogens is 3. The number of fused-ring (bicyclic) bond motifs is 1. The van der Waals surface area contributed by atoms with Gasteiger partial charge in [0.1, 0.15) is 0 Å². The highest BCUT2D eigenvalue weighted by Gasteiger charge is 2.24. The summed E-state index contributed by atoms with van der Waals surface area (Å²) in [5.74, 6) is -0.114. The molecule has 6 heteroatoms. The molecule has 158 valence electrons. The number of hydrogen-bond acceptors (Lipinski definition) is 4. The van der Waals surface area contributed by atoms with Crippen LogP contribution >= 0.6 is 11.3 Å². The van der Waals surface area contributed by atoms with Crippen LogP contribution in [0.2, 0.25) is 0 Å². The van der Waals surface area contributed by atoms with E-state index in [1.807, 2.05) is 77.8 Å². The van der Waals surface area contributed by atoms with Gasteiger partial charge in [0.05, 0.1) is 11.9 Å². The maximum atomic E-state index is 13.6. The first kappa shape index (κ1) is 20.2. The van der Waals surface area contributed by atoms with Gasteiger partial charge in [-0.1, -0.05) is 66.7 Å². The van der Waals surface area contributed by atoms with Crippen LogP contribution in [0.25, 0.3) is 21.5 Å². The summed E-state index contributed by atoms with van der Waals surface area (Å²) in [4.78, 5) is 21.0. The zero-order valence-corrected chi connectivity index (χ0v) is 18.5. The Bertz CT molecular complexity index is 1350. The van der Waals surface area contributed by atoms with Gasteiger partial charge in [0.2, 0.25) is 0 Å². The molecule has 0 bridgehead atoms. The maximum absolute atomic E-state index is 13.6. The number of pyridine rings is 1. The molecule has 2 aromatic carbocycles. The van der Waals surface area contributed by atoms with Gasteiger partial charge in [-0.25, -0.2) is 9.67 Å². The Labute approximate surface area is 190 Å². The van der Waals surface area contributed by atoms with E-state index in [1.54, 1.807) is 22.4 Å². The second kappa shape index (κ2) is 8.77. The summed E-state index contributed by atoms with van der Waals surface area (Å²) in [7, 11) is 1.82. The van der Waals surface area contributed by atoms with E-state index in [9.17, 15) is 4.79 Å². The Morgan fingerprint density at radius 1 is 0.938 bits per heavy atom. The predicted octanol–water partition coefficient (Wildman–Crippen LogP) is 5.48. The fourth-order valence-electron chi connectivity index (χ4n) is 3.86. The molecule has 0 aliphatic heterocycles. The first-order chi connectivity index (χ1) is 15.7. The molecule has 1 amide bonds. The number of amides is 1. The molecule has 5 nitrogen and oxygen atoms in total. The zero-order valence-electron chi connectivity index (χ0n) is 17.7. The second-order valence-electron chi connectivity index (χ2n) is 7.67. The van der Waals surface area contributed by atoms with Crippen molar-refractivity contribution in [3.05, 3.63) is 107 Å². The number of rotatable bonds is 6. The Morgan fingerprint density at radius 3 is 2.34 bits per heavy atom. The zero-order chi connectivity index (χ0) is 21.9. The van der Waals surface area contributed by atoms with Crippen LogP contribution in [-0.2, 0) is 13.1 Å².